The maximum absolute atomic E-state index is 12.6. The zero-order valence-corrected chi connectivity index (χ0v) is 16.7. The lowest BCUT2D eigenvalue weighted by atomic mass is 10.1. The van der Waals surface area contributed by atoms with Gasteiger partial charge in [-0.15, -0.1) is 0 Å². The van der Waals surface area contributed by atoms with Crippen LogP contribution in [0.2, 0.25) is 0 Å². The predicted molar refractivity (Wildman–Crippen MR) is 103 cm³/mol. The van der Waals surface area contributed by atoms with Crippen LogP contribution in [0.3, 0.4) is 0 Å². The molecule has 0 unspecified atom stereocenters. The van der Waals surface area contributed by atoms with Gasteiger partial charge in [-0.25, -0.2) is 8.42 Å². The third-order valence-corrected chi connectivity index (χ3v) is 5.64. The van der Waals surface area contributed by atoms with Gasteiger partial charge < -0.3 is 10.1 Å². The molecular formula is C18H21BrN2O4S. The van der Waals surface area contributed by atoms with Crippen molar-refractivity contribution in [3.8, 4) is 0 Å². The number of hydrogen-bond donors (Lipinski definition) is 2. The molecule has 0 saturated heterocycles. The Morgan fingerprint density at radius 2 is 1.77 bits per heavy atom. The molecule has 6 nitrogen and oxygen atoms in total. The first kappa shape index (κ1) is 20.6. The Morgan fingerprint density at radius 3 is 2.38 bits per heavy atom. The van der Waals surface area contributed by atoms with Gasteiger partial charge in [-0.1, -0.05) is 46.3 Å². The van der Waals surface area contributed by atoms with Crippen LogP contribution in [0.15, 0.2) is 64.0 Å². The molecule has 1 amide bonds. The molecule has 0 spiro atoms. The summed E-state index contributed by atoms with van der Waals surface area (Å²) in [6.07, 6.45) is 0.245. The molecule has 1 atom stereocenters. The summed E-state index contributed by atoms with van der Waals surface area (Å²) in [5.41, 5.74) is 0.859. The predicted octanol–water partition coefficient (Wildman–Crippen LogP) is 2.10. The molecule has 26 heavy (non-hydrogen) atoms. The molecule has 0 heterocycles. The molecule has 2 rings (SSSR count). The van der Waals surface area contributed by atoms with Gasteiger partial charge in [0.15, 0.2) is 0 Å². The van der Waals surface area contributed by atoms with E-state index in [9.17, 15) is 13.2 Å². The number of nitrogens with one attached hydrogen (secondary N) is 2. The smallest absolute Gasteiger partial charge is 0.241 e. The van der Waals surface area contributed by atoms with E-state index in [1.54, 1.807) is 12.1 Å². The highest BCUT2D eigenvalue weighted by Crippen LogP contribution is 2.15. The van der Waals surface area contributed by atoms with Crippen LogP contribution >= 0.6 is 15.9 Å². The molecule has 0 aliphatic carbocycles. The summed E-state index contributed by atoms with van der Waals surface area (Å²) in [6, 6.07) is 14.6. The topological polar surface area (TPSA) is 84.5 Å². The molecule has 0 fully saturated rings. The standard InChI is InChI=1S/C18H21BrN2O4S/c1-25-12-11-20-18(22)17(13-14-5-3-2-4-6-14)21-26(23,24)16-9-7-15(19)8-10-16/h2-10,17,21H,11-13H2,1H3,(H,20,22)/t17-/m1/s1. The lowest BCUT2D eigenvalue weighted by molar-refractivity contribution is -0.122. The maximum atomic E-state index is 12.6. The van der Waals surface area contributed by atoms with E-state index in [4.69, 9.17) is 4.74 Å². The Morgan fingerprint density at radius 1 is 1.12 bits per heavy atom. The van der Waals surface area contributed by atoms with E-state index in [1.807, 2.05) is 30.3 Å². The van der Waals surface area contributed by atoms with E-state index < -0.39 is 22.0 Å². The van der Waals surface area contributed by atoms with Gasteiger partial charge in [0, 0.05) is 18.1 Å². The number of methoxy groups -OCH3 is 1. The van der Waals surface area contributed by atoms with Crippen LogP contribution in [0.4, 0.5) is 0 Å². The van der Waals surface area contributed by atoms with Gasteiger partial charge in [0.25, 0.3) is 0 Å². The lowest BCUT2D eigenvalue weighted by Gasteiger charge is -2.19. The van der Waals surface area contributed by atoms with Crippen LogP contribution in [0.1, 0.15) is 5.56 Å². The molecule has 2 aromatic carbocycles. The fourth-order valence-corrected chi connectivity index (χ4v) is 3.77. The van der Waals surface area contributed by atoms with E-state index in [-0.39, 0.29) is 11.3 Å². The van der Waals surface area contributed by atoms with E-state index >= 15 is 0 Å². The fraction of sp³-hybridized carbons (Fsp3) is 0.278. The number of benzene rings is 2. The Bertz CT molecular complexity index is 811. The number of amides is 1. The van der Waals surface area contributed by atoms with Crippen molar-refractivity contribution in [1.82, 2.24) is 10.0 Å². The van der Waals surface area contributed by atoms with Crippen LogP contribution < -0.4 is 10.0 Å². The fourth-order valence-electron chi connectivity index (χ4n) is 2.31. The van der Waals surface area contributed by atoms with Gasteiger partial charge in [-0.3, -0.25) is 4.79 Å². The molecule has 2 N–H and O–H groups in total. The molecule has 2 aromatic rings. The molecular weight excluding hydrogens is 420 g/mol. The zero-order chi connectivity index (χ0) is 19.0. The highest BCUT2D eigenvalue weighted by atomic mass is 79.9. The van der Waals surface area contributed by atoms with Crippen molar-refractivity contribution in [3.63, 3.8) is 0 Å². The first-order valence-corrected chi connectivity index (χ1v) is 10.3. The van der Waals surface area contributed by atoms with Gasteiger partial charge in [-0.05, 0) is 36.2 Å². The Hall–Kier alpha value is -1.74. The monoisotopic (exact) mass is 440 g/mol. The Balaban J connectivity index is 2.19. The summed E-state index contributed by atoms with van der Waals surface area (Å²) in [4.78, 5) is 12.6. The summed E-state index contributed by atoms with van der Waals surface area (Å²) >= 11 is 3.27. The lowest BCUT2D eigenvalue weighted by Crippen LogP contribution is -2.48. The van der Waals surface area contributed by atoms with Crippen molar-refractivity contribution < 1.29 is 17.9 Å². The van der Waals surface area contributed by atoms with E-state index in [0.29, 0.717) is 13.2 Å². The second-order valence-corrected chi connectivity index (χ2v) is 8.23. The number of halogens is 1. The van der Waals surface area contributed by atoms with Gasteiger partial charge in [0.1, 0.15) is 6.04 Å². The molecule has 0 aromatic heterocycles. The average molecular weight is 441 g/mol. The number of sulfonamides is 1. The van der Waals surface area contributed by atoms with E-state index in [0.717, 1.165) is 10.0 Å². The molecule has 0 radical (unpaired) electrons. The molecule has 0 bridgehead atoms. The largest absolute Gasteiger partial charge is 0.383 e. The second-order valence-electron chi connectivity index (χ2n) is 5.60. The SMILES string of the molecule is COCCNC(=O)[C@@H](Cc1ccccc1)NS(=O)(=O)c1ccc(Br)cc1. The third kappa shape index (κ3) is 6.21. The van der Waals surface area contributed by atoms with Crippen molar-refractivity contribution in [3.05, 3.63) is 64.6 Å². The zero-order valence-electron chi connectivity index (χ0n) is 14.3. The minimum Gasteiger partial charge on any atom is -0.383 e. The van der Waals surface area contributed by atoms with E-state index in [2.05, 4.69) is 26.0 Å². The van der Waals surface area contributed by atoms with Crippen LogP contribution in [0.25, 0.3) is 0 Å². The molecule has 8 heteroatoms. The summed E-state index contributed by atoms with van der Waals surface area (Å²) in [7, 11) is -2.30. The first-order chi connectivity index (χ1) is 12.4. The summed E-state index contributed by atoms with van der Waals surface area (Å²) in [5.74, 6) is -0.397. The van der Waals surface area contributed by atoms with Gasteiger partial charge in [-0.2, -0.15) is 4.72 Å². The molecule has 0 aliphatic rings. The molecule has 140 valence electrons. The van der Waals surface area contributed by atoms with Crippen LogP contribution in [-0.2, 0) is 26.0 Å². The minimum absolute atomic E-state index is 0.100. The maximum Gasteiger partial charge on any atom is 0.241 e. The van der Waals surface area contributed by atoms with E-state index in [1.165, 1.54) is 19.2 Å². The van der Waals surface area contributed by atoms with Gasteiger partial charge >= 0.3 is 0 Å². The highest BCUT2D eigenvalue weighted by Gasteiger charge is 2.25. The van der Waals surface area contributed by atoms with Crippen molar-refractivity contribution in [2.75, 3.05) is 20.3 Å². The second kappa shape index (κ2) is 9.82. The number of ether oxygens (including phenoxy) is 1. The summed E-state index contributed by atoms with van der Waals surface area (Å²) in [5, 5.41) is 2.69. The van der Waals surface area contributed by atoms with Crippen molar-refractivity contribution >= 4 is 31.9 Å². The Kier molecular flexibility index (Phi) is 7.77. The molecule has 0 aliphatic heterocycles. The van der Waals surface area contributed by atoms with Crippen LogP contribution in [0, 0.1) is 0 Å². The average Bonchev–Trinajstić information content (AvgIpc) is 2.62. The highest BCUT2D eigenvalue weighted by molar-refractivity contribution is 9.10. The Labute approximate surface area is 162 Å². The number of carbonyl (C=O) groups is 1. The molecule has 0 saturated carbocycles. The summed E-state index contributed by atoms with van der Waals surface area (Å²) in [6.45, 7) is 0.657. The van der Waals surface area contributed by atoms with Gasteiger partial charge in [0.2, 0.25) is 15.9 Å². The van der Waals surface area contributed by atoms with Crippen LogP contribution in [0.5, 0.6) is 0 Å². The summed E-state index contributed by atoms with van der Waals surface area (Å²) < 4.78 is 33.5. The number of carbonyl (C=O) groups excluding carboxylic acids is 1. The number of hydrogen-bond acceptors (Lipinski definition) is 4. The normalized spacial score (nSPS) is 12.5. The first-order valence-electron chi connectivity index (χ1n) is 8.01. The van der Waals surface area contributed by atoms with Gasteiger partial charge in [0.05, 0.1) is 11.5 Å². The number of rotatable bonds is 9. The quantitative estimate of drug-likeness (QED) is 0.584. The third-order valence-electron chi connectivity index (χ3n) is 3.63. The van der Waals surface area contributed by atoms with Crippen molar-refractivity contribution in [2.24, 2.45) is 0 Å². The van der Waals surface area contributed by atoms with Crippen molar-refractivity contribution in [2.45, 2.75) is 17.4 Å². The minimum atomic E-state index is -3.83. The van der Waals surface area contributed by atoms with Crippen LogP contribution in [-0.4, -0.2) is 40.6 Å². The van der Waals surface area contributed by atoms with Crippen molar-refractivity contribution in [1.29, 1.82) is 0 Å².